The quantitative estimate of drug-likeness (QED) is 0.417. The van der Waals surface area contributed by atoms with Crippen LogP contribution in [-0.4, -0.2) is 28.9 Å². The molecular formula is C20H29NO5. The highest BCUT2D eigenvalue weighted by Crippen LogP contribution is 2.44. The van der Waals surface area contributed by atoms with Crippen molar-refractivity contribution in [1.29, 1.82) is 0 Å². The van der Waals surface area contributed by atoms with Crippen LogP contribution in [0, 0.1) is 16.7 Å². The first kappa shape index (κ1) is 21.8. The van der Waals surface area contributed by atoms with E-state index in [1.165, 1.54) is 0 Å². The minimum absolute atomic E-state index is 0.208. The van der Waals surface area contributed by atoms with Crippen LogP contribution < -0.4 is 10.5 Å². The van der Waals surface area contributed by atoms with Crippen molar-refractivity contribution in [1.82, 2.24) is 0 Å². The lowest BCUT2D eigenvalue weighted by Crippen LogP contribution is -2.56. The van der Waals surface area contributed by atoms with Crippen molar-refractivity contribution < 1.29 is 24.2 Å². The van der Waals surface area contributed by atoms with E-state index in [-0.39, 0.29) is 6.42 Å². The summed E-state index contributed by atoms with van der Waals surface area (Å²) in [5, 5.41) is 9.71. The van der Waals surface area contributed by atoms with Crippen molar-refractivity contribution in [2.75, 3.05) is 0 Å². The molecule has 0 saturated carbocycles. The van der Waals surface area contributed by atoms with Gasteiger partial charge in [-0.2, -0.15) is 0 Å². The maximum atomic E-state index is 12.5. The minimum Gasteiger partial charge on any atom is -0.481 e. The van der Waals surface area contributed by atoms with Crippen molar-refractivity contribution in [3.05, 3.63) is 29.8 Å². The molecule has 1 aromatic carbocycles. The Morgan fingerprint density at radius 3 is 2.04 bits per heavy atom. The maximum absolute atomic E-state index is 12.5. The number of carbonyl (C=O) groups is 3. The van der Waals surface area contributed by atoms with E-state index in [4.69, 9.17) is 10.5 Å². The topological polar surface area (TPSA) is 107 Å². The fourth-order valence-electron chi connectivity index (χ4n) is 2.78. The maximum Gasteiger partial charge on any atom is 0.314 e. The van der Waals surface area contributed by atoms with Crippen LogP contribution in [-0.2, 0) is 9.59 Å². The third-order valence-corrected chi connectivity index (χ3v) is 5.46. The van der Waals surface area contributed by atoms with E-state index < -0.39 is 34.2 Å². The molecule has 0 saturated heterocycles. The van der Waals surface area contributed by atoms with Gasteiger partial charge in [0, 0.05) is 11.1 Å². The van der Waals surface area contributed by atoms with Gasteiger partial charge in [-0.3, -0.25) is 14.4 Å². The molecule has 0 aliphatic rings. The lowest BCUT2D eigenvalue weighted by molar-refractivity contribution is -0.157. The van der Waals surface area contributed by atoms with Gasteiger partial charge in [0.25, 0.3) is 0 Å². The van der Waals surface area contributed by atoms with E-state index in [9.17, 15) is 19.5 Å². The molecule has 0 aliphatic carbocycles. The molecule has 0 radical (unpaired) electrons. The first-order valence-electron chi connectivity index (χ1n) is 8.54. The standard InChI is InChI=1S/C20H29NO5/c1-13(16(23)26-15-9-7-14(11-22)8-10-15)18(2,3)12-20(6,17(24)25)19(4,5)21/h7-11,13H,12,21H2,1-6H3,(H,24,25). The van der Waals surface area contributed by atoms with E-state index in [1.807, 2.05) is 13.8 Å². The predicted octanol–water partition coefficient (Wildman–Crippen LogP) is 3.29. The summed E-state index contributed by atoms with van der Waals surface area (Å²) in [4.78, 5) is 35.1. The van der Waals surface area contributed by atoms with Gasteiger partial charge in [-0.1, -0.05) is 20.8 Å². The fraction of sp³-hybridized carbons (Fsp3) is 0.550. The molecule has 0 bridgehead atoms. The zero-order chi connectivity index (χ0) is 20.3. The molecule has 6 nitrogen and oxygen atoms in total. The molecule has 0 fully saturated rings. The number of rotatable bonds is 8. The monoisotopic (exact) mass is 363 g/mol. The Bertz CT molecular complexity index is 672. The molecule has 0 aromatic heterocycles. The molecule has 6 heteroatoms. The Morgan fingerprint density at radius 2 is 1.65 bits per heavy atom. The number of aliphatic carboxylic acids is 1. The van der Waals surface area contributed by atoms with Crippen LogP contribution in [0.3, 0.4) is 0 Å². The summed E-state index contributed by atoms with van der Waals surface area (Å²) in [5.74, 6) is -1.68. The van der Waals surface area contributed by atoms with Gasteiger partial charge >= 0.3 is 11.9 Å². The number of hydrogen-bond donors (Lipinski definition) is 2. The van der Waals surface area contributed by atoms with E-state index in [1.54, 1.807) is 52.0 Å². The first-order chi connectivity index (χ1) is 11.7. The van der Waals surface area contributed by atoms with E-state index in [0.29, 0.717) is 17.6 Å². The average molecular weight is 363 g/mol. The summed E-state index contributed by atoms with van der Waals surface area (Å²) >= 11 is 0. The largest absolute Gasteiger partial charge is 0.481 e. The second-order valence-electron chi connectivity index (χ2n) is 8.35. The van der Waals surface area contributed by atoms with Gasteiger partial charge in [-0.05, 0) is 56.9 Å². The summed E-state index contributed by atoms with van der Waals surface area (Å²) in [6, 6.07) is 6.21. The van der Waals surface area contributed by atoms with Crippen molar-refractivity contribution in [2.24, 2.45) is 22.5 Å². The van der Waals surface area contributed by atoms with Crippen LogP contribution >= 0.6 is 0 Å². The summed E-state index contributed by atoms with van der Waals surface area (Å²) in [6.07, 6.45) is 0.915. The number of ether oxygens (including phenoxy) is 1. The normalized spacial score (nSPS) is 15.7. The molecule has 0 spiro atoms. The number of nitrogens with two attached hydrogens (primary N) is 1. The van der Waals surface area contributed by atoms with Crippen LogP contribution in [0.2, 0.25) is 0 Å². The number of carboxylic acid groups (broad SMARTS) is 1. The molecule has 3 N–H and O–H groups in total. The Morgan fingerprint density at radius 1 is 1.15 bits per heavy atom. The van der Waals surface area contributed by atoms with Gasteiger partial charge in [-0.15, -0.1) is 0 Å². The van der Waals surface area contributed by atoms with Crippen LogP contribution in [0.25, 0.3) is 0 Å². The molecule has 1 rings (SSSR count). The van der Waals surface area contributed by atoms with Gasteiger partial charge in [0.15, 0.2) is 0 Å². The number of aldehydes is 1. The Balaban J connectivity index is 2.97. The molecule has 26 heavy (non-hydrogen) atoms. The number of carboxylic acids is 1. The molecule has 0 amide bonds. The van der Waals surface area contributed by atoms with Gasteiger partial charge in [0.2, 0.25) is 0 Å². The highest BCUT2D eigenvalue weighted by Gasteiger charge is 2.50. The van der Waals surface area contributed by atoms with Gasteiger partial charge < -0.3 is 15.6 Å². The average Bonchev–Trinajstić information content (AvgIpc) is 2.53. The highest BCUT2D eigenvalue weighted by molar-refractivity contribution is 5.78. The lowest BCUT2D eigenvalue weighted by Gasteiger charge is -2.44. The molecular weight excluding hydrogens is 334 g/mol. The van der Waals surface area contributed by atoms with Crippen LogP contribution in [0.5, 0.6) is 5.75 Å². The van der Waals surface area contributed by atoms with Crippen molar-refractivity contribution in [3.63, 3.8) is 0 Å². The van der Waals surface area contributed by atoms with Gasteiger partial charge in [0.05, 0.1) is 11.3 Å². The number of carbonyl (C=O) groups excluding carboxylic acids is 2. The van der Waals surface area contributed by atoms with Crippen LogP contribution in [0.15, 0.2) is 24.3 Å². The Labute approximate surface area is 154 Å². The second kappa shape index (κ2) is 7.58. The third kappa shape index (κ3) is 4.69. The predicted molar refractivity (Wildman–Crippen MR) is 99.0 cm³/mol. The van der Waals surface area contributed by atoms with E-state index in [2.05, 4.69) is 0 Å². The second-order valence-corrected chi connectivity index (χ2v) is 8.35. The van der Waals surface area contributed by atoms with Crippen LogP contribution in [0.4, 0.5) is 0 Å². The summed E-state index contributed by atoms with van der Waals surface area (Å²) in [5.41, 5.74) is 3.77. The smallest absolute Gasteiger partial charge is 0.314 e. The van der Waals surface area contributed by atoms with Crippen LogP contribution in [0.1, 0.15) is 58.3 Å². The number of benzene rings is 1. The molecule has 1 aromatic rings. The fourth-order valence-corrected chi connectivity index (χ4v) is 2.78. The van der Waals surface area contributed by atoms with E-state index >= 15 is 0 Å². The Hall–Kier alpha value is -2.21. The SMILES string of the molecule is CC(C(=O)Oc1ccc(C=O)cc1)C(C)(C)CC(C)(C(=O)O)C(C)(C)N. The first-order valence-corrected chi connectivity index (χ1v) is 8.54. The molecule has 0 heterocycles. The molecule has 0 aliphatic heterocycles. The van der Waals surface area contributed by atoms with Gasteiger partial charge in [-0.25, -0.2) is 0 Å². The summed E-state index contributed by atoms with van der Waals surface area (Å²) in [7, 11) is 0. The molecule has 144 valence electrons. The zero-order valence-electron chi connectivity index (χ0n) is 16.3. The van der Waals surface area contributed by atoms with Crippen molar-refractivity contribution >= 4 is 18.2 Å². The van der Waals surface area contributed by atoms with Gasteiger partial charge in [0.1, 0.15) is 12.0 Å². The number of hydrogen-bond acceptors (Lipinski definition) is 5. The summed E-state index contributed by atoms with van der Waals surface area (Å²) in [6.45, 7) is 10.3. The molecule has 2 atom stereocenters. The minimum atomic E-state index is -1.21. The lowest BCUT2D eigenvalue weighted by atomic mass is 9.61. The summed E-state index contributed by atoms with van der Waals surface area (Å²) < 4.78 is 5.39. The number of esters is 1. The highest BCUT2D eigenvalue weighted by atomic mass is 16.5. The Kier molecular flexibility index (Phi) is 6.36. The zero-order valence-corrected chi connectivity index (χ0v) is 16.3. The van der Waals surface area contributed by atoms with Crippen molar-refractivity contribution in [3.8, 4) is 5.75 Å². The molecule has 2 unspecified atom stereocenters. The van der Waals surface area contributed by atoms with E-state index in [0.717, 1.165) is 0 Å². The van der Waals surface area contributed by atoms with Crippen molar-refractivity contribution in [2.45, 2.75) is 53.5 Å². The third-order valence-electron chi connectivity index (χ3n) is 5.46.